The number of rotatable bonds is 8. The van der Waals surface area contributed by atoms with Gasteiger partial charge in [0.25, 0.3) is 0 Å². The van der Waals surface area contributed by atoms with Crippen molar-refractivity contribution in [3.8, 4) is 6.07 Å². The monoisotopic (exact) mass is 372 g/mol. The van der Waals surface area contributed by atoms with E-state index >= 15 is 0 Å². The van der Waals surface area contributed by atoms with Crippen LogP contribution in [-0.2, 0) is 19.6 Å². The first-order valence-corrected chi connectivity index (χ1v) is 10.1. The van der Waals surface area contributed by atoms with Gasteiger partial charge in [-0.1, -0.05) is 55.8 Å². The fourth-order valence-corrected chi connectivity index (χ4v) is 3.80. The molecule has 1 atom stereocenters. The van der Waals surface area contributed by atoms with Gasteiger partial charge in [-0.15, -0.1) is 0 Å². The minimum atomic E-state index is 0.633. The smallest absolute Gasteiger partial charge is 0.118 e. The van der Waals surface area contributed by atoms with Crippen LogP contribution >= 0.6 is 0 Å². The summed E-state index contributed by atoms with van der Waals surface area (Å²) in [5, 5.41) is 9.01. The second kappa shape index (κ2) is 9.39. The first-order valence-electron chi connectivity index (χ1n) is 10.1. The first-order chi connectivity index (χ1) is 13.5. The number of aromatic nitrogens is 1. The summed E-state index contributed by atoms with van der Waals surface area (Å²) in [4.78, 5) is 1.55. The van der Waals surface area contributed by atoms with Crippen molar-refractivity contribution in [1.29, 1.82) is 5.26 Å². The summed E-state index contributed by atoms with van der Waals surface area (Å²) in [6.07, 6.45) is 2.19. The second-order valence-corrected chi connectivity index (χ2v) is 8.13. The van der Waals surface area contributed by atoms with Gasteiger partial charge in [-0.05, 0) is 36.8 Å². The molecule has 3 rings (SSSR count). The zero-order valence-corrected chi connectivity index (χ0v) is 17.2. The summed E-state index contributed by atoms with van der Waals surface area (Å²) in [5.74, 6) is 0.633. The molecule has 3 heteroatoms. The number of hydrogen-bond donors (Lipinski definition) is 1. The summed E-state index contributed by atoms with van der Waals surface area (Å²) < 4.78 is 2.37. The zero-order valence-electron chi connectivity index (χ0n) is 17.2. The Bertz CT molecular complexity index is 929. The third-order valence-corrected chi connectivity index (χ3v) is 5.02. The standard InChI is InChI=1S/C25H29N3/c1-20(2)16-27(17-23-11-9-22(15-26)10-12-23)19-25-8-5-13-28(25)18-24-7-4-6-21(3)14-24/h4-14,20H,16-19H2,1-3H3/p+1. The number of nitrogens with zero attached hydrogens (tertiary/aromatic N) is 2. The molecule has 2 aromatic carbocycles. The first kappa shape index (κ1) is 19.9. The van der Waals surface area contributed by atoms with Crippen molar-refractivity contribution >= 4 is 0 Å². The van der Waals surface area contributed by atoms with Gasteiger partial charge in [-0.2, -0.15) is 5.26 Å². The maximum absolute atomic E-state index is 9.01. The molecule has 0 amide bonds. The predicted octanol–water partition coefficient (Wildman–Crippen LogP) is 3.96. The summed E-state index contributed by atoms with van der Waals surface area (Å²) in [6.45, 7) is 10.7. The highest BCUT2D eigenvalue weighted by atomic mass is 15.1. The fraction of sp³-hybridized carbons (Fsp3) is 0.320. The van der Waals surface area contributed by atoms with Crippen molar-refractivity contribution < 1.29 is 4.90 Å². The van der Waals surface area contributed by atoms with Gasteiger partial charge in [0.2, 0.25) is 0 Å². The molecule has 1 N–H and O–H groups in total. The van der Waals surface area contributed by atoms with E-state index in [1.54, 1.807) is 4.90 Å². The van der Waals surface area contributed by atoms with Crippen molar-refractivity contribution in [2.24, 2.45) is 5.92 Å². The molecule has 0 aliphatic rings. The zero-order chi connectivity index (χ0) is 19.9. The van der Waals surface area contributed by atoms with Crippen molar-refractivity contribution in [2.75, 3.05) is 6.54 Å². The molecular weight excluding hydrogens is 342 g/mol. The Morgan fingerprint density at radius 2 is 1.75 bits per heavy atom. The van der Waals surface area contributed by atoms with Crippen LogP contribution in [0.15, 0.2) is 66.9 Å². The highest BCUT2D eigenvalue weighted by Gasteiger charge is 2.15. The lowest BCUT2D eigenvalue weighted by Crippen LogP contribution is -3.10. The van der Waals surface area contributed by atoms with Crippen LogP contribution in [0, 0.1) is 24.2 Å². The second-order valence-electron chi connectivity index (χ2n) is 8.13. The number of benzene rings is 2. The van der Waals surface area contributed by atoms with E-state index in [1.807, 2.05) is 12.1 Å². The van der Waals surface area contributed by atoms with Crippen LogP contribution in [0.5, 0.6) is 0 Å². The van der Waals surface area contributed by atoms with E-state index in [9.17, 15) is 0 Å². The Morgan fingerprint density at radius 3 is 2.43 bits per heavy atom. The number of nitrogens with one attached hydrogen (secondary N) is 1. The number of quaternary nitrogens is 1. The minimum Gasteiger partial charge on any atom is -0.342 e. The van der Waals surface area contributed by atoms with E-state index in [1.165, 1.54) is 22.4 Å². The molecule has 3 nitrogen and oxygen atoms in total. The van der Waals surface area contributed by atoms with Gasteiger partial charge >= 0.3 is 0 Å². The van der Waals surface area contributed by atoms with Crippen LogP contribution in [0.2, 0.25) is 0 Å². The molecule has 144 valence electrons. The van der Waals surface area contributed by atoms with Crippen LogP contribution in [0.3, 0.4) is 0 Å². The predicted molar refractivity (Wildman–Crippen MR) is 114 cm³/mol. The molecule has 0 fully saturated rings. The molecule has 0 saturated heterocycles. The van der Waals surface area contributed by atoms with Gasteiger partial charge in [0.05, 0.1) is 23.9 Å². The van der Waals surface area contributed by atoms with E-state index in [0.29, 0.717) is 5.92 Å². The Hall–Kier alpha value is -2.83. The average molecular weight is 373 g/mol. The molecule has 1 heterocycles. The lowest BCUT2D eigenvalue weighted by molar-refractivity contribution is -0.930. The van der Waals surface area contributed by atoms with Gasteiger partial charge in [-0.25, -0.2) is 0 Å². The van der Waals surface area contributed by atoms with Crippen LogP contribution in [0.25, 0.3) is 0 Å². The molecule has 0 saturated carbocycles. The Labute approximate surface area is 168 Å². The van der Waals surface area contributed by atoms with Crippen LogP contribution in [0.4, 0.5) is 0 Å². The number of hydrogen-bond acceptors (Lipinski definition) is 1. The van der Waals surface area contributed by atoms with Crippen molar-refractivity contribution in [1.82, 2.24) is 4.57 Å². The van der Waals surface area contributed by atoms with E-state index in [0.717, 1.165) is 31.7 Å². The maximum Gasteiger partial charge on any atom is 0.118 e. The van der Waals surface area contributed by atoms with E-state index in [2.05, 4.69) is 86.1 Å². The van der Waals surface area contributed by atoms with E-state index < -0.39 is 0 Å². The minimum absolute atomic E-state index is 0.633. The van der Waals surface area contributed by atoms with E-state index in [-0.39, 0.29) is 0 Å². The topological polar surface area (TPSA) is 33.2 Å². The fourth-order valence-electron chi connectivity index (χ4n) is 3.80. The quantitative estimate of drug-likeness (QED) is 0.638. The number of nitriles is 1. The third kappa shape index (κ3) is 5.58. The van der Waals surface area contributed by atoms with Crippen molar-refractivity contribution in [3.63, 3.8) is 0 Å². The Kier molecular flexibility index (Phi) is 6.68. The molecule has 3 aromatic rings. The molecule has 0 spiro atoms. The van der Waals surface area contributed by atoms with Crippen molar-refractivity contribution in [2.45, 2.75) is 40.4 Å². The molecule has 0 bridgehead atoms. The molecule has 28 heavy (non-hydrogen) atoms. The number of aryl methyl sites for hydroxylation is 1. The average Bonchev–Trinajstić information content (AvgIpc) is 3.08. The maximum atomic E-state index is 9.01. The lowest BCUT2D eigenvalue weighted by Gasteiger charge is -2.22. The molecule has 0 radical (unpaired) electrons. The van der Waals surface area contributed by atoms with Gasteiger partial charge in [0, 0.05) is 24.2 Å². The summed E-state index contributed by atoms with van der Waals surface area (Å²) in [6, 6.07) is 23.4. The highest BCUT2D eigenvalue weighted by Crippen LogP contribution is 2.10. The van der Waals surface area contributed by atoms with Crippen LogP contribution in [0.1, 0.15) is 41.8 Å². The van der Waals surface area contributed by atoms with Crippen LogP contribution < -0.4 is 4.90 Å². The summed E-state index contributed by atoms with van der Waals surface area (Å²) in [7, 11) is 0. The lowest BCUT2D eigenvalue weighted by atomic mass is 10.1. The van der Waals surface area contributed by atoms with Crippen molar-refractivity contribution in [3.05, 3.63) is 94.8 Å². The molecular formula is C25H30N3+. The SMILES string of the molecule is Cc1cccc(Cn2cccc2C[NH+](Cc2ccc(C#N)cc2)CC(C)C)c1. The largest absolute Gasteiger partial charge is 0.342 e. The molecule has 1 aromatic heterocycles. The van der Waals surface area contributed by atoms with Gasteiger partial charge < -0.3 is 9.47 Å². The summed E-state index contributed by atoms with van der Waals surface area (Å²) in [5.41, 5.74) is 6.02. The summed E-state index contributed by atoms with van der Waals surface area (Å²) >= 11 is 0. The van der Waals surface area contributed by atoms with Crippen LogP contribution in [-0.4, -0.2) is 11.1 Å². The van der Waals surface area contributed by atoms with Gasteiger partial charge in [0.1, 0.15) is 13.1 Å². The third-order valence-electron chi connectivity index (χ3n) is 5.02. The Morgan fingerprint density at radius 1 is 0.964 bits per heavy atom. The van der Waals surface area contributed by atoms with E-state index in [4.69, 9.17) is 5.26 Å². The molecule has 0 aliphatic carbocycles. The van der Waals surface area contributed by atoms with Gasteiger partial charge in [0.15, 0.2) is 0 Å². The highest BCUT2D eigenvalue weighted by molar-refractivity contribution is 5.31. The normalized spacial score (nSPS) is 12.1. The molecule has 0 aliphatic heterocycles. The molecule has 1 unspecified atom stereocenters. The van der Waals surface area contributed by atoms with Gasteiger partial charge in [-0.3, -0.25) is 0 Å². The Balaban J connectivity index is 1.74.